The van der Waals surface area contributed by atoms with E-state index in [1.165, 1.54) is 0 Å². The molecule has 0 unspecified atom stereocenters. The highest BCUT2D eigenvalue weighted by Crippen LogP contribution is 2.16. The summed E-state index contributed by atoms with van der Waals surface area (Å²) in [6.45, 7) is 11.7. The van der Waals surface area contributed by atoms with Crippen LogP contribution in [-0.2, 0) is 9.59 Å². The summed E-state index contributed by atoms with van der Waals surface area (Å²) in [5, 5.41) is 0. The lowest BCUT2D eigenvalue weighted by Gasteiger charge is -2.35. The fraction of sp³-hybridized carbons (Fsp3) is 0.867. The number of piperazine rings is 1. The van der Waals surface area contributed by atoms with E-state index < -0.39 is 0 Å². The summed E-state index contributed by atoms with van der Waals surface area (Å²) in [5.41, 5.74) is -0.270. The number of carbonyl (C=O) groups is 2. The molecular formula is C15H28N2O2. The van der Waals surface area contributed by atoms with Crippen LogP contribution in [0.15, 0.2) is 0 Å². The van der Waals surface area contributed by atoms with Gasteiger partial charge >= 0.3 is 0 Å². The van der Waals surface area contributed by atoms with Crippen molar-refractivity contribution in [3.05, 3.63) is 0 Å². The van der Waals surface area contributed by atoms with E-state index in [4.69, 9.17) is 0 Å². The van der Waals surface area contributed by atoms with Gasteiger partial charge in [0.2, 0.25) is 5.91 Å². The van der Waals surface area contributed by atoms with Crippen LogP contribution in [0.1, 0.15) is 47.0 Å². The van der Waals surface area contributed by atoms with Crippen molar-refractivity contribution >= 4 is 11.7 Å². The molecule has 1 saturated heterocycles. The standard InChI is InChI=1S/C15H28N2O2/c1-5-6-7-14(19)17-10-8-16(9-11-17)12-13(18)15(2,3)4/h5-12H2,1-4H3. The third-order valence-electron chi connectivity index (χ3n) is 3.67. The van der Waals surface area contributed by atoms with E-state index in [9.17, 15) is 9.59 Å². The molecule has 1 amide bonds. The van der Waals surface area contributed by atoms with Gasteiger partial charge in [-0.05, 0) is 6.42 Å². The highest BCUT2D eigenvalue weighted by Gasteiger charge is 2.26. The average Bonchev–Trinajstić information content (AvgIpc) is 2.35. The van der Waals surface area contributed by atoms with Gasteiger partial charge in [0, 0.05) is 38.0 Å². The molecule has 1 aliphatic rings. The lowest BCUT2D eigenvalue weighted by molar-refractivity contribution is -0.133. The van der Waals surface area contributed by atoms with Crippen LogP contribution in [0.3, 0.4) is 0 Å². The maximum atomic E-state index is 12.0. The van der Waals surface area contributed by atoms with Crippen molar-refractivity contribution in [2.75, 3.05) is 32.7 Å². The maximum absolute atomic E-state index is 12.0. The minimum atomic E-state index is -0.270. The second-order valence-corrected chi connectivity index (χ2v) is 6.43. The molecular weight excluding hydrogens is 240 g/mol. The van der Waals surface area contributed by atoms with Crippen molar-refractivity contribution in [1.29, 1.82) is 0 Å². The number of hydrogen-bond acceptors (Lipinski definition) is 3. The molecule has 0 aromatic rings. The van der Waals surface area contributed by atoms with Crippen molar-refractivity contribution in [2.24, 2.45) is 5.41 Å². The first-order valence-electron chi connectivity index (χ1n) is 7.38. The van der Waals surface area contributed by atoms with Crippen LogP contribution in [0, 0.1) is 5.41 Å². The van der Waals surface area contributed by atoms with Crippen LogP contribution >= 0.6 is 0 Å². The zero-order valence-electron chi connectivity index (χ0n) is 12.9. The van der Waals surface area contributed by atoms with Gasteiger partial charge in [0.1, 0.15) is 0 Å². The Kier molecular flexibility index (Phi) is 5.98. The van der Waals surface area contributed by atoms with E-state index in [1.54, 1.807) is 0 Å². The smallest absolute Gasteiger partial charge is 0.222 e. The molecule has 19 heavy (non-hydrogen) atoms. The summed E-state index contributed by atoms with van der Waals surface area (Å²) in [6.07, 6.45) is 2.70. The molecule has 4 nitrogen and oxygen atoms in total. The van der Waals surface area contributed by atoms with Crippen molar-refractivity contribution in [3.63, 3.8) is 0 Å². The van der Waals surface area contributed by atoms with Gasteiger partial charge < -0.3 is 4.90 Å². The molecule has 1 heterocycles. The third kappa shape index (κ3) is 5.31. The second-order valence-electron chi connectivity index (χ2n) is 6.43. The normalized spacial score (nSPS) is 17.6. The summed E-state index contributed by atoms with van der Waals surface area (Å²) in [6, 6.07) is 0. The van der Waals surface area contributed by atoms with E-state index in [2.05, 4.69) is 11.8 Å². The average molecular weight is 268 g/mol. The zero-order valence-corrected chi connectivity index (χ0v) is 12.9. The molecule has 1 rings (SSSR count). The number of carbonyl (C=O) groups excluding carboxylic acids is 2. The highest BCUT2D eigenvalue weighted by atomic mass is 16.2. The van der Waals surface area contributed by atoms with E-state index in [0.717, 1.165) is 39.0 Å². The summed E-state index contributed by atoms with van der Waals surface area (Å²) in [5.74, 6) is 0.543. The fourth-order valence-corrected chi connectivity index (χ4v) is 2.08. The van der Waals surface area contributed by atoms with Crippen LogP contribution < -0.4 is 0 Å². The zero-order chi connectivity index (χ0) is 14.5. The minimum Gasteiger partial charge on any atom is -0.340 e. The molecule has 0 aromatic heterocycles. The molecule has 0 N–H and O–H groups in total. The Morgan fingerprint density at radius 2 is 1.63 bits per heavy atom. The minimum absolute atomic E-state index is 0.267. The third-order valence-corrected chi connectivity index (χ3v) is 3.67. The molecule has 0 aliphatic carbocycles. The van der Waals surface area contributed by atoms with Gasteiger partial charge in [-0.1, -0.05) is 34.1 Å². The predicted molar refractivity (Wildman–Crippen MR) is 77.0 cm³/mol. The molecule has 1 aliphatic heterocycles. The molecule has 0 atom stereocenters. The van der Waals surface area contributed by atoms with E-state index in [0.29, 0.717) is 13.0 Å². The molecule has 110 valence electrons. The van der Waals surface area contributed by atoms with E-state index in [1.807, 2.05) is 25.7 Å². The molecule has 0 radical (unpaired) electrons. The summed E-state index contributed by atoms with van der Waals surface area (Å²) < 4.78 is 0. The molecule has 4 heteroatoms. The Morgan fingerprint density at radius 1 is 1.05 bits per heavy atom. The number of unbranched alkanes of at least 4 members (excludes halogenated alkanes) is 1. The Hall–Kier alpha value is -0.900. The van der Waals surface area contributed by atoms with Crippen molar-refractivity contribution in [2.45, 2.75) is 47.0 Å². The maximum Gasteiger partial charge on any atom is 0.222 e. The largest absolute Gasteiger partial charge is 0.340 e. The second kappa shape index (κ2) is 7.04. The highest BCUT2D eigenvalue weighted by molar-refractivity contribution is 5.85. The van der Waals surface area contributed by atoms with Gasteiger partial charge in [-0.25, -0.2) is 0 Å². The summed E-state index contributed by atoms with van der Waals surface area (Å²) >= 11 is 0. The Balaban J connectivity index is 2.33. The molecule has 0 bridgehead atoms. The van der Waals surface area contributed by atoms with Gasteiger partial charge in [-0.15, -0.1) is 0 Å². The SMILES string of the molecule is CCCCC(=O)N1CCN(CC(=O)C(C)(C)C)CC1. The van der Waals surface area contributed by atoms with Crippen LogP contribution in [0.5, 0.6) is 0 Å². The molecule has 0 aromatic carbocycles. The predicted octanol–water partition coefficient (Wildman–Crippen LogP) is 1.94. The van der Waals surface area contributed by atoms with Gasteiger partial charge in [-0.2, -0.15) is 0 Å². The van der Waals surface area contributed by atoms with Crippen LogP contribution in [0.2, 0.25) is 0 Å². The number of hydrogen-bond donors (Lipinski definition) is 0. The first-order valence-corrected chi connectivity index (χ1v) is 7.38. The van der Waals surface area contributed by atoms with Crippen molar-refractivity contribution in [3.8, 4) is 0 Å². The lowest BCUT2D eigenvalue weighted by Crippen LogP contribution is -2.50. The molecule has 0 saturated carbocycles. The van der Waals surface area contributed by atoms with Crippen LogP contribution in [0.4, 0.5) is 0 Å². The monoisotopic (exact) mass is 268 g/mol. The summed E-state index contributed by atoms with van der Waals surface area (Å²) in [7, 11) is 0. The van der Waals surface area contributed by atoms with Gasteiger partial charge in [0.15, 0.2) is 5.78 Å². The lowest BCUT2D eigenvalue weighted by atomic mass is 9.90. The van der Waals surface area contributed by atoms with E-state index >= 15 is 0 Å². The first-order chi connectivity index (χ1) is 8.84. The van der Waals surface area contributed by atoms with E-state index in [-0.39, 0.29) is 17.1 Å². The van der Waals surface area contributed by atoms with Crippen molar-refractivity contribution in [1.82, 2.24) is 9.80 Å². The number of ketones is 1. The summed E-state index contributed by atoms with van der Waals surface area (Å²) in [4.78, 5) is 28.0. The van der Waals surface area contributed by atoms with Crippen molar-refractivity contribution < 1.29 is 9.59 Å². The van der Waals surface area contributed by atoms with Gasteiger partial charge in [0.25, 0.3) is 0 Å². The number of amides is 1. The van der Waals surface area contributed by atoms with Crippen LogP contribution in [-0.4, -0.2) is 54.2 Å². The Labute approximate surface area is 117 Å². The molecule has 1 fully saturated rings. The quantitative estimate of drug-likeness (QED) is 0.765. The number of Topliss-reactive ketones (excluding diaryl/α,β-unsaturated/α-hetero) is 1. The molecule has 0 spiro atoms. The topological polar surface area (TPSA) is 40.6 Å². The number of nitrogens with zero attached hydrogens (tertiary/aromatic N) is 2. The fourth-order valence-electron chi connectivity index (χ4n) is 2.08. The number of rotatable bonds is 5. The van der Waals surface area contributed by atoms with Gasteiger partial charge in [-0.3, -0.25) is 14.5 Å². The van der Waals surface area contributed by atoms with Crippen LogP contribution in [0.25, 0.3) is 0 Å². The Morgan fingerprint density at radius 3 is 2.11 bits per heavy atom. The first kappa shape index (κ1) is 16.2. The van der Waals surface area contributed by atoms with Gasteiger partial charge in [0.05, 0.1) is 6.54 Å². The Bertz CT molecular complexity index is 313.